The number of hydrogen-bond donors (Lipinski definition) is 0. The number of likely N-dealkylation sites (N-methyl/N-ethyl adjacent to an activating group) is 2. The van der Waals surface area contributed by atoms with Crippen LogP contribution in [-0.2, 0) is 11.2 Å². The Morgan fingerprint density at radius 1 is 1.20 bits per heavy atom. The lowest BCUT2D eigenvalue weighted by Gasteiger charge is -2.17. The number of aryl methyl sites for hydroxylation is 1. The van der Waals surface area contributed by atoms with Crippen LogP contribution < -0.4 is 0 Å². The van der Waals surface area contributed by atoms with E-state index in [1.54, 1.807) is 16.5 Å². The second kappa shape index (κ2) is 7.95. The van der Waals surface area contributed by atoms with Gasteiger partial charge in [0.2, 0.25) is 0 Å². The van der Waals surface area contributed by atoms with Crippen molar-refractivity contribution in [1.29, 1.82) is 0 Å². The van der Waals surface area contributed by atoms with Crippen LogP contribution in [0.4, 0.5) is 4.79 Å². The molecule has 1 amide bonds. The fourth-order valence-electron chi connectivity index (χ4n) is 3.99. The normalized spacial score (nSPS) is 16.5. The Labute approximate surface area is 176 Å². The number of carbonyl (C=O) groups is 2. The Kier molecular flexibility index (Phi) is 5.35. The molecule has 0 N–H and O–H groups in total. The van der Waals surface area contributed by atoms with Crippen LogP contribution in [0, 0.1) is 6.92 Å². The van der Waals surface area contributed by atoms with Crippen molar-refractivity contribution in [3.8, 4) is 0 Å². The minimum atomic E-state index is -0.305. The number of hydrogen-bond acceptors (Lipinski definition) is 4. The third-order valence-electron chi connectivity index (χ3n) is 5.84. The van der Waals surface area contributed by atoms with Crippen LogP contribution >= 0.6 is 0 Å². The number of benzene rings is 2. The molecule has 0 bridgehead atoms. The van der Waals surface area contributed by atoms with E-state index in [4.69, 9.17) is 4.74 Å². The summed E-state index contributed by atoms with van der Waals surface area (Å²) in [6.45, 7) is 3.18. The number of fused-ring (bicyclic) bond motifs is 1. The van der Waals surface area contributed by atoms with E-state index in [0.717, 1.165) is 40.6 Å². The number of cyclic esters (lactones) is 1. The van der Waals surface area contributed by atoms with Gasteiger partial charge in [0.25, 0.3) is 5.91 Å². The molecular weight excluding hydrogens is 378 g/mol. The number of carbonyl (C=O) groups excluding carboxylic acids is 2. The van der Waals surface area contributed by atoms with Crippen molar-refractivity contribution in [3.05, 3.63) is 70.9 Å². The van der Waals surface area contributed by atoms with Crippen molar-refractivity contribution < 1.29 is 14.3 Å². The fourth-order valence-corrected chi connectivity index (χ4v) is 3.99. The average molecular weight is 405 g/mol. The summed E-state index contributed by atoms with van der Waals surface area (Å²) in [7, 11) is 5.84. The molecule has 0 aliphatic carbocycles. The largest absolute Gasteiger partial charge is 0.447 e. The lowest BCUT2D eigenvalue weighted by atomic mass is 10.0. The summed E-state index contributed by atoms with van der Waals surface area (Å²) in [4.78, 5) is 28.9. The van der Waals surface area contributed by atoms with Crippen LogP contribution in [0.5, 0.6) is 0 Å². The molecule has 6 heteroatoms. The van der Waals surface area contributed by atoms with Gasteiger partial charge in [-0.15, -0.1) is 0 Å². The standard InChI is InChI=1S/C24H27N3O3/c1-16-7-5-6-8-19(16)23(28)27-14-18(11-12-25(2)3)20-13-17(9-10-21(20)27)22-15-30-24(29)26(22)4/h5-10,13-14,22H,11-12,15H2,1-4H3. The van der Waals surface area contributed by atoms with E-state index in [1.165, 1.54) is 0 Å². The monoisotopic (exact) mass is 405 g/mol. The molecule has 4 rings (SSSR count). The summed E-state index contributed by atoms with van der Waals surface area (Å²) in [5.74, 6) is -0.0292. The molecule has 1 aliphatic heterocycles. The molecule has 1 aliphatic rings. The predicted octanol–water partition coefficient (Wildman–Crippen LogP) is 3.87. The molecule has 1 saturated heterocycles. The fraction of sp³-hybridized carbons (Fsp3) is 0.333. The van der Waals surface area contributed by atoms with E-state index in [9.17, 15) is 9.59 Å². The molecule has 0 radical (unpaired) electrons. The molecule has 0 saturated carbocycles. The summed E-state index contributed by atoms with van der Waals surface area (Å²) < 4.78 is 6.95. The molecular formula is C24H27N3O3. The topological polar surface area (TPSA) is 54.8 Å². The molecule has 30 heavy (non-hydrogen) atoms. The van der Waals surface area contributed by atoms with E-state index >= 15 is 0 Å². The summed E-state index contributed by atoms with van der Waals surface area (Å²) in [5.41, 5.74) is 4.68. The maximum absolute atomic E-state index is 13.3. The number of rotatable bonds is 5. The zero-order valence-corrected chi connectivity index (χ0v) is 17.9. The molecule has 0 spiro atoms. The van der Waals surface area contributed by atoms with Gasteiger partial charge in [0.05, 0.1) is 11.6 Å². The van der Waals surface area contributed by atoms with Crippen LogP contribution in [0.3, 0.4) is 0 Å². The van der Waals surface area contributed by atoms with Gasteiger partial charge in [0, 0.05) is 30.7 Å². The highest BCUT2D eigenvalue weighted by atomic mass is 16.6. The Morgan fingerprint density at radius 3 is 2.63 bits per heavy atom. The molecule has 156 valence electrons. The van der Waals surface area contributed by atoms with Crippen molar-refractivity contribution in [2.45, 2.75) is 19.4 Å². The number of nitrogens with zero attached hydrogens (tertiary/aromatic N) is 3. The SMILES string of the molecule is Cc1ccccc1C(=O)n1cc(CCN(C)C)c2cc(C3COC(=O)N3C)ccc21. The summed E-state index contributed by atoms with van der Waals surface area (Å²) >= 11 is 0. The van der Waals surface area contributed by atoms with Crippen LogP contribution in [-0.4, -0.2) is 60.7 Å². The summed E-state index contributed by atoms with van der Waals surface area (Å²) in [6, 6.07) is 13.6. The Morgan fingerprint density at radius 2 is 1.97 bits per heavy atom. The lowest BCUT2D eigenvalue weighted by molar-refractivity contribution is 0.0964. The van der Waals surface area contributed by atoms with Gasteiger partial charge in [0.1, 0.15) is 6.61 Å². The van der Waals surface area contributed by atoms with Crippen molar-refractivity contribution in [3.63, 3.8) is 0 Å². The van der Waals surface area contributed by atoms with Gasteiger partial charge in [-0.25, -0.2) is 4.79 Å². The molecule has 1 unspecified atom stereocenters. The minimum absolute atomic E-state index is 0.0292. The van der Waals surface area contributed by atoms with Crippen molar-refractivity contribution in [2.24, 2.45) is 0 Å². The van der Waals surface area contributed by atoms with Gasteiger partial charge in [-0.3, -0.25) is 9.36 Å². The molecule has 2 heterocycles. The Hall–Kier alpha value is -3.12. The van der Waals surface area contributed by atoms with Gasteiger partial charge < -0.3 is 14.5 Å². The zero-order chi connectivity index (χ0) is 21.4. The van der Waals surface area contributed by atoms with Gasteiger partial charge >= 0.3 is 6.09 Å². The molecule has 1 aromatic heterocycles. The van der Waals surface area contributed by atoms with Crippen LogP contribution in [0.15, 0.2) is 48.7 Å². The highest BCUT2D eigenvalue weighted by Gasteiger charge is 2.31. The zero-order valence-electron chi connectivity index (χ0n) is 17.9. The number of ether oxygens (including phenoxy) is 1. The molecule has 1 fully saturated rings. The smallest absolute Gasteiger partial charge is 0.410 e. The molecule has 1 atom stereocenters. The Bertz CT molecular complexity index is 1120. The minimum Gasteiger partial charge on any atom is -0.447 e. The highest BCUT2D eigenvalue weighted by Crippen LogP contribution is 2.31. The van der Waals surface area contributed by atoms with E-state index in [0.29, 0.717) is 12.2 Å². The van der Waals surface area contributed by atoms with Crippen LogP contribution in [0.2, 0.25) is 0 Å². The van der Waals surface area contributed by atoms with Gasteiger partial charge in [-0.2, -0.15) is 0 Å². The first-order valence-corrected chi connectivity index (χ1v) is 10.2. The number of aromatic nitrogens is 1. The van der Waals surface area contributed by atoms with E-state index in [1.807, 2.05) is 63.6 Å². The highest BCUT2D eigenvalue weighted by molar-refractivity contribution is 6.04. The molecule has 3 aromatic rings. The third-order valence-corrected chi connectivity index (χ3v) is 5.84. The van der Waals surface area contributed by atoms with Gasteiger partial charge in [0.15, 0.2) is 0 Å². The second-order valence-electron chi connectivity index (χ2n) is 8.18. The summed E-state index contributed by atoms with van der Waals surface area (Å²) in [5, 5.41) is 1.05. The molecule has 6 nitrogen and oxygen atoms in total. The van der Waals surface area contributed by atoms with Crippen molar-refractivity contribution in [1.82, 2.24) is 14.4 Å². The average Bonchev–Trinajstić information content (AvgIpc) is 3.26. The van der Waals surface area contributed by atoms with Crippen molar-refractivity contribution in [2.75, 3.05) is 34.3 Å². The van der Waals surface area contributed by atoms with E-state index < -0.39 is 0 Å². The first-order chi connectivity index (χ1) is 14.4. The molecule has 2 aromatic carbocycles. The van der Waals surface area contributed by atoms with Gasteiger partial charge in [-0.05, 0) is 62.3 Å². The maximum atomic E-state index is 13.3. The van der Waals surface area contributed by atoms with E-state index in [2.05, 4.69) is 11.0 Å². The van der Waals surface area contributed by atoms with Crippen LogP contribution in [0.25, 0.3) is 10.9 Å². The predicted molar refractivity (Wildman–Crippen MR) is 117 cm³/mol. The van der Waals surface area contributed by atoms with E-state index in [-0.39, 0.29) is 18.0 Å². The first-order valence-electron chi connectivity index (χ1n) is 10.2. The quantitative estimate of drug-likeness (QED) is 0.647. The van der Waals surface area contributed by atoms with Gasteiger partial charge in [-0.1, -0.05) is 24.3 Å². The van der Waals surface area contributed by atoms with Crippen LogP contribution in [0.1, 0.15) is 33.1 Å². The second-order valence-corrected chi connectivity index (χ2v) is 8.18. The number of amides is 1. The lowest BCUT2D eigenvalue weighted by Crippen LogP contribution is -2.22. The maximum Gasteiger partial charge on any atom is 0.410 e. The third kappa shape index (κ3) is 3.59. The summed E-state index contributed by atoms with van der Waals surface area (Å²) in [6.07, 6.45) is 2.49. The Balaban J connectivity index is 1.80. The first kappa shape index (κ1) is 20.2. The van der Waals surface area contributed by atoms with Crippen molar-refractivity contribution >= 4 is 22.9 Å².